The number of nitrogens with one attached hydrogen (secondary N) is 1. The summed E-state index contributed by atoms with van der Waals surface area (Å²) in [6.07, 6.45) is 0. The first-order valence-corrected chi connectivity index (χ1v) is 7.40. The number of nitrogens with two attached hydrogens (primary N) is 1. The molecule has 0 unspecified atom stereocenters. The van der Waals surface area contributed by atoms with Crippen LogP contribution in [-0.4, -0.2) is 20.5 Å². The molecule has 2 aromatic rings. The molecule has 3 N–H and O–H groups in total. The number of hydrogen-bond donors (Lipinski definition) is 2. The molecule has 1 aromatic carbocycles. The number of primary sulfonamides is 1. The number of methoxy groups -OCH3 is 1. The van der Waals surface area contributed by atoms with E-state index in [1.807, 2.05) is 12.1 Å². The first-order chi connectivity index (χ1) is 9.49. The third kappa shape index (κ3) is 3.69. The molecule has 0 aliphatic rings. The second-order valence-corrected chi connectivity index (χ2v) is 5.67. The Kier molecular flexibility index (Phi) is 4.21. The van der Waals surface area contributed by atoms with Crippen molar-refractivity contribution in [3.05, 3.63) is 48.0 Å². The molecule has 20 heavy (non-hydrogen) atoms. The van der Waals surface area contributed by atoms with E-state index in [0.29, 0.717) is 18.2 Å². The largest absolute Gasteiger partial charge is 0.481 e. The predicted molar refractivity (Wildman–Crippen MR) is 75.9 cm³/mol. The molecule has 1 aromatic heterocycles. The Morgan fingerprint density at radius 3 is 2.50 bits per heavy atom. The molecule has 0 bridgehead atoms. The number of sulfonamides is 1. The molecule has 0 aliphatic heterocycles. The van der Waals surface area contributed by atoms with Gasteiger partial charge in [0.2, 0.25) is 15.9 Å². The van der Waals surface area contributed by atoms with E-state index >= 15 is 0 Å². The van der Waals surface area contributed by atoms with E-state index in [0.717, 1.165) is 5.56 Å². The fraction of sp³-hybridized carbons (Fsp3) is 0.154. The molecular formula is C13H15N3O3S. The zero-order valence-electron chi connectivity index (χ0n) is 10.9. The van der Waals surface area contributed by atoms with Crippen LogP contribution in [0.25, 0.3) is 0 Å². The van der Waals surface area contributed by atoms with Crippen LogP contribution in [0.3, 0.4) is 0 Å². The Morgan fingerprint density at radius 2 is 1.90 bits per heavy atom. The lowest BCUT2D eigenvalue weighted by Gasteiger charge is -2.07. The van der Waals surface area contributed by atoms with E-state index in [9.17, 15) is 8.42 Å². The maximum atomic E-state index is 11.1. The Hall–Kier alpha value is -2.12. The van der Waals surface area contributed by atoms with Gasteiger partial charge in [0.25, 0.3) is 0 Å². The third-order valence-corrected chi connectivity index (χ3v) is 3.59. The lowest BCUT2D eigenvalue weighted by atomic mass is 10.2. The molecule has 0 aliphatic carbocycles. The normalized spacial score (nSPS) is 11.1. The van der Waals surface area contributed by atoms with Crippen LogP contribution in [0.2, 0.25) is 0 Å². The van der Waals surface area contributed by atoms with Crippen molar-refractivity contribution in [3.8, 4) is 5.88 Å². The van der Waals surface area contributed by atoms with Gasteiger partial charge in [-0.3, -0.25) is 0 Å². The van der Waals surface area contributed by atoms with Gasteiger partial charge in [0, 0.05) is 12.6 Å². The highest BCUT2D eigenvalue weighted by Gasteiger charge is 2.06. The van der Waals surface area contributed by atoms with Crippen LogP contribution in [0, 0.1) is 0 Å². The van der Waals surface area contributed by atoms with Crippen LogP contribution in [0.1, 0.15) is 5.56 Å². The van der Waals surface area contributed by atoms with Gasteiger partial charge in [0.1, 0.15) is 5.82 Å². The van der Waals surface area contributed by atoms with Crippen molar-refractivity contribution in [1.82, 2.24) is 4.98 Å². The van der Waals surface area contributed by atoms with Gasteiger partial charge in [-0.1, -0.05) is 18.2 Å². The number of anilines is 1. The summed E-state index contributed by atoms with van der Waals surface area (Å²) < 4.78 is 27.3. The number of hydrogen-bond acceptors (Lipinski definition) is 5. The van der Waals surface area contributed by atoms with Crippen LogP contribution >= 0.6 is 0 Å². The lowest BCUT2D eigenvalue weighted by molar-refractivity contribution is 0.398. The topological polar surface area (TPSA) is 94.3 Å². The van der Waals surface area contributed by atoms with Gasteiger partial charge in [-0.2, -0.15) is 4.98 Å². The Labute approximate surface area is 117 Å². The van der Waals surface area contributed by atoms with Gasteiger partial charge in [0.05, 0.1) is 12.0 Å². The fourth-order valence-electron chi connectivity index (χ4n) is 1.62. The predicted octanol–water partition coefficient (Wildman–Crippen LogP) is 1.35. The molecule has 0 spiro atoms. The summed E-state index contributed by atoms with van der Waals surface area (Å²) in [7, 11) is -2.09. The molecule has 1 heterocycles. The van der Waals surface area contributed by atoms with E-state index in [1.54, 1.807) is 25.3 Å². The molecule has 2 rings (SSSR count). The standard InChI is InChI=1S/C13H15N3O3S/c1-19-13-4-2-3-12(16-13)15-9-10-5-7-11(8-6-10)20(14,17)18/h2-8H,9H2,1H3,(H,15,16)(H2,14,17,18). The number of rotatable bonds is 5. The van der Waals surface area contributed by atoms with E-state index in [-0.39, 0.29) is 4.90 Å². The molecule has 0 saturated carbocycles. The van der Waals surface area contributed by atoms with Gasteiger partial charge in [-0.15, -0.1) is 0 Å². The number of nitrogens with zero attached hydrogens (tertiary/aromatic N) is 1. The van der Waals surface area contributed by atoms with Crippen LogP contribution in [0.5, 0.6) is 5.88 Å². The van der Waals surface area contributed by atoms with Gasteiger partial charge in [0.15, 0.2) is 0 Å². The summed E-state index contributed by atoms with van der Waals surface area (Å²) in [4.78, 5) is 4.31. The van der Waals surface area contributed by atoms with Crippen molar-refractivity contribution >= 4 is 15.8 Å². The highest BCUT2D eigenvalue weighted by molar-refractivity contribution is 7.89. The molecule has 6 nitrogen and oxygen atoms in total. The number of aromatic nitrogens is 1. The minimum Gasteiger partial charge on any atom is -0.481 e. The van der Waals surface area contributed by atoms with Crippen molar-refractivity contribution in [3.63, 3.8) is 0 Å². The molecular weight excluding hydrogens is 278 g/mol. The fourth-order valence-corrected chi connectivity index (χ4v) is 2.13. The first-order valence-electron chi connectivity index (χ1n) is 5.86. The van der Waals surface area contributed by atoms with E-state index in [4.69, 9.17) is 9.88 Å². The summed E-state index contributed by atoms with van der Waals surface area (Å²) in [5, 5.41) is 8.16. The van der Waals surface area contributed by atoms with Gasteiger partial charge < -0.3 is 10.1 Å². The molecule has 0 radical (unpaired) electrons. The Bertz CT molecular complexity index is 684. The Morgan fingerprint density at radius 1 is 1.20 bits per heavy atom. The summed E-state index contributed by atoms with van der Waals surface area (Å²) >= 11 is 0. The van der Waals surface area contributed by atoms with Crippen LogP contribution in [0.15, 0.2) is 47.4 Å². The molecule has 106 valence electrons. The van der Waals surface area contributed by atoms with Crippen molar-refractivity contribution in [2.45, 2.75) is 11.4 Å². The smallest absolute Gasteiger partial charge is 0.238 e. The summed E-state index contributed by atoms with van der Waals surface area (Å²) in [5.74, 6) is 1.21. The maximum absolute atomic E-state index is 11.1. The molecule has 7 heteroatoms. The van der Waals surface area contributed by atoms with E-state index in [2.05, 4.69) is 10.3 Å². The summed E-state index contributed by atoms with van der Waals surface area (Å²) in [6.45, 7) is 0.519. The molecule has 0 atom stereocenters. The zero-order chi connectivity index (χ0) is 14.6. The second kappa shape index (κ2) is 5.89. The maximum Gasteiger partial charge on any atom is 0.238 e. The minimum absolute atomic E-state index is 0.0979. The second-order valence-electron chi connectivity index (χ2n) is 4.11. The van der Waals surface area contributed by atoms with E-state index in [1.165, 1.54) is 12.1 Å². The van der Waals surface area contributed by atoms with Crippen LogP contribution in [0.4, 0.5) is 5.82 Å². The highest BCUT2D eigenvalue weighted by atomic mass is 32.2. The van der Waals surface area contributed by atoms with Crippen molar-refractivity contribution in [2.75, 3.05) is 12.4 Å². The van der Waals surface area contributed by atoms with Crippen LogP contribution < -0.4 is 15.2 Å². The lowest BCUT2D eigenvalue weighted by Crippen LogP contribution is -2.12. The number of ether oxygens (including phenoxy) is 1. The number of pyridine rings is 1. The average molecular weight is 293 g/mol. The van der Waals surface area contributed by atoms with Gasteiger partial charge in [-0.25, -0.2) is 13.6 Å². The first kappa shape index (κ1) is 14.3. The van der Waals surface area contributed by atoms with Gasteiger partial charge >= 0.3 is 0 Å². The minimum atomic E-state index is -3.64. The van der Waals surface area contributed by atoms with Crippen molar-refractivity contribution in [1.29, 1.82) is 0 Å². The highest BCUT2D eigenvalue weighted by Crippen LogP contribution is 2.13. The average Bonchev–Trinajstić information content (AvgIpc) is 2.45. The molecule has 0 fully saturated rings. The zero-order valence-corrected chi connectivity index (χ0v) is 11.7. The SMILES string of the molecule is COc1cccc(NCc2ccc(S(N)(=O)=O)cc2)n1. The molecule has 0 amide bonds. The summed E-state index contributed by atoms with van der Waals surface area (Å²) in [5.41, 5.74) is 0.919. The molecule has 0 saturated heterocycles. The third-order valence-electron chi connectivity index (χ3n) is 2.66. The Balaban J connectivity index is 2.04. The van der Waals surface area contributed by atoms with Gasteiger partial charge in [-0.05, 0) is 23.8 Å². The number of benzene rings is 1. The van der Waals surface area contributed by atoms with E-state index < -0.39 is 10.0 Å². The van der Waals surface area contributed by atoms with Crippen molar-refractivity contribution in [2.24, 2.45) is 5.14 Å². The summed E-state index contributed by atoms with van der Waals surface area (Å²) in [6, 6.07) is 11.8. The van der Waals surface area contributed by atoms with Crippen molar-refractivity contribution < 1.29 is 13.2 Å². The van der Waals surface area contributed by atoms with Crippen LogP contribution in [-0.2, 0) is 16.6 Å². The monoisotopic (exact) mass is 293 g/mol. The quantitative estimate of drug-likeness (QED) is 0.867.